The Morgan fingerprint density at radius 3 is 2.19 bits per heavy atom. The molecular formula is C25H26N2O5. The van der Waals surface area contributed by atoms with E-state index < -0.39 is 12.0 Å². The van der Waals surface area contributed by atoms with Gasteiger partial charge in [0.15, 0.2) is 0 Å². The quantitative estimate of drug-likeness (QED) is 0.347. The maximum absolute atomic E-state index is 10.8. The Bertz CT molecular complexity index is 1020. The van der Waals surface area contributed by atoms with Crippen LogP contribution in [0.25, 0.3) is 0 Å². The van der Waals surface area contributed by atoms with Crippen LogP contribution in [0.2, 0.25) is 0 Å². The van der Waals surface area contributed by atoms with Gasteiger partial charge in [0.1, 0.15) is 37.5 Å². The first-order valence-corrected chi connectivity index (χ1v) is 10.1. The zero-order valence-electron chi connectivity index (χ0n) is 17.8. The van der Waals surface area contributed by atoms with Crippen molar-refractivity contribution in [3.63, 3.8) is 0 Å². The largest absolute Gasteiger partial charge is 0.489 e. The minimum atomic E-state index is -0.924. The van der Waals surface area contributed by atoms with Crippen LogP contribution in [-0.2, 0) is 16.2 Å². The van der Waals surface area contributed by atoms with Crippen molar-refractivity contribution in [3.8, 4) is 11.5 Å². The molecule has 0 saturated carbocycles. The van der Waals surface area contributed by atoms with Gasteiger partial charge in [0, 0.05) is 11.6 Å². The van der Waals surface area contributed by atoms with E-state index in [1.54, 1.807) is 24.3 Å². The molecule has 0 saturated heterocycles. The molecule has 3 aromatic rings. The van der Waals surface area contributed by atoms with Crippen molar-refractivity contribution in [1.82, 2.24) is 0 Å². The third-order valence-electron chi connectivity index (χ3n) is 4.72. The van der Waals surface area contributed by atoms with Crippen LogP contribution in [0.1, 0.15) is 29.2 Å². The Morgan fingerprint density at radius 2 is 1.56 bits per heavy atom. The standard InChI is InChI=1S/C25H26N2O5/c1-30-27-24(20-5-3-2-4-6-20)17-32-21-11-7-18(8-12-21)16-31-22-13-9-19(10-14-22)23(26)15-25(28)29/h2-14,23H,15-17,26H2,1H3,(H,28,29)/b27-24+. The summed E-state index contributed by atoms with van der Waals surface area (Å²) >= 11 is 0. The van der Waals surface area contributed by atoms with E-state index in [-0.39, 0.29) is 13.0 Å². The van der Waals surface area contributed by atoms with Crippen molar-refractivity contribution in [2.75, 3.05) is 13.7 Å². The Morgan fingerprint density at radius 1 is 0.938 bits per heavy atom. The number of oxime groups is 1. The van der Waals surface area contributed by atoms with Crippen LogP contribution in [0, 0.1) is 0 Å². The van der Waals surface area contributed by atoms with E-state index in [0.717, 1.165) is 16.7 Å². The van der Waals surface area contributed by atoms with E-state index >= 15 is 0 Å². The molecule has 0 aromatic heterocycles. The summed E-state index contributed by atoms with van der Waals surface area (Å²) in [5.74, 6) is 0.470. The summed E-state index contributed by atoms with van der Waals surface area (Å²) in [6.45, 7) is 0.672. The highest BCUT2D eigenvalue weighted by molar-refractivity contribution is 6.01. The molecule has 7 heteroatoms. The number of rotatable bonds is 11. The highest BCUT2D eigenvalue weighted by atomic mass is 16.6. The lowest BCUT2D eigenvalue weighted by Gasteiger charge is -2.12. The number of carbonyl (C=O) groups is 1. The zero-order valence-corrected chi connectivity index (χ0v) is 17.8. The van der Waals surface area contributed by atoms with Crippen LogP contribution in [0.4, 0.5) is 0 Å². The van der Waals surface area contributed by atoms with E-state index in [9.17, 15) is 4.79 Å². The second-order valence-electron chi connectivity index (χ2n) is 7.08. The van der Waals surface area contributed by atoms with E-state index in [1.807, 2.05) is 54.6 Å². The van der Waals surface area contributed by atoms with Crippen molar-refractivity contribution in [3.05, 3.63) is 95.6 Å². The lowest BCUT2D eigenvalue weighted by atomic mass is 10.0. The van der Waals surface area contributed by atoms with Crippen molar-refractivity contribution in [2.45, 2.75) is 19.1 Å². The van der Waals surface area contributed by atoms with Gasteiger partial charge in [-0.3, -0.25) is 4.79 Å². The van der Waals surface area contributed by atoms with Crippen LogP contribution in [-0.4, -0.2) is 30.5 Å². The van der Waals surface area contributed by atoms with Crippen molar-refractivity contribution in [1.29, 1.82) is 0 Å². The molecule has 0 amide bonds. The van der Waals surface area contributed by atoms with Gasteiger partial charge in [0.05, 0.1) is 6.42 Å². The molecule has 0 spiro atoms. The highest BCUT2D eigenvalue weighted by Crippen LogP contribution is 2.20. The van der Waals surface area contributed by atoms with Gasteiger partial charge in [-0.2, -0.15) is 0 Å². The molecule has 1 atom stereocenters. The molecule has 166 valence electrons. The number of nitrogens with two attached hydrogens (primary N) is 1. The monoisotopic (exact) mass is 434 g/mol. The van der Waals surface area contributed by atoms with Crippen LogP contribution in [0.15, 0.2) is 84.0 Å². The maximum atomic E-state index is 10.8. The summed E-state index contributed by atoms with van der Waals surface area (Å²) in [7, 11) is 1.51. The third-order valence-corrected chi connectivity index (χ3v) is 4.72. The van der Waals surface area contributed by atoms with E-state index in [0.29, 0.717) is 23.8 Å². The molecule has 1 unspecified atom stereocenters. The van der Waals surface area contributed by atoms with Crippen molar-refractivity contribution >= 4 is 11.7 Å². The number of carboxylic acids is 1. The minimum absolute atomic E-state index is 0.112. The number of aliphatic carboxylic acids is 1. The maximum Gasteiger partial charge on any atom is 0.305 e. The Labute approximate surface area is 187 Å². The molecule has 3 N–H and O–H groups in total. The molecule has 3 aromatic carbocycles. The predicted octanol–water partition coefficient (Wildman–Crippen LogP) is 4.17. The van der Waals surface area contributed by atoms with Crippen LogP contribution in [0.5, 0.6) is 11.5 Å². The van der Waals surface area contributed by atoms with Gasteiger partial charge in [-0.1, -0.05) is 59.8 Å². The molecular weight excluding hydrogens is 408 g/mol. The Hall–Kier alpha value is -3.84. The molecule has 32 heavy (non-hydrogen) atoms. The first kappa shape index (κ1) is 22.8. The second kappa shape index (κ2) is 11.5. The van der Waals surface area contributed by atoms with Gasteiger partial charge in [0.2, 0.25) is 0 Å². The molecule has 0 aliphatic rings. The molecule has 0 aliphatic heterocycles. The number of hydrogen-bond acceptors (Lipinski definition) is 6. The summed E-state index contributed by atoms with van der Waals surface area (Å²) in [6.07, 6.45) is -0.112. The summed E-state index contributed by atoms with van der Waals surface area (Å²) < 4.78 is 11.7. The molecule has 0 bridgehead atoms. The lowest BCUT2D eigenvalue weighted by molar-refractivity contribution is -0.137. The number of ether oxygens (including phenoxy) is 2. The van der Waals surface area contributed by atoms with Gasteiger partial charge >= 0.3 is 5.97 Å². The molecule has 3 rings (SSSR count). The number of nitrogens with zero attached hydrogens (tertiary/aromatic N) is 1. The normalized spacial score (nSPS) is 12.1. The second-order valence-corrected chi connectivity index (χ2v) is 7.08. The van der Waals surface area contributed by atoms with Gasteiger partial charge in [-0.05, 0) is 35.4 Å². The van der Waals surface area contributed by atoms with Crippen molar-refractivity contribution in [2.24, 2.45) is 10.9 Å². The van der Waals surface area contributed by atoms with Crippen LogP contribution in [0.3, 0.4) is 0 Å². The van der Waals surface area contributed by atoms with Crippen molar-refractivity contribution < 1.29 is 24.2 Å². The molecule has 0 heterocycles. The summed E-state index contributed by atoms with van der Waals surface area (Å²) in [5.41, 5.74) is 9.25. The SMILES string of the molecule is CO/N=C(\COc1ccc(COc2ccc(C(N)CC(=O)O)cc2)cc1)c1ccccc1. The molecule has 7 nitrogen and oxygen atoms in total. The number of benzene rings is 3. The van der Waals surface area contributed by atoms with E-state index in [2.05, 4.69) is 5.16 Å². The van der Waals surface area contributed by atoms with Gasteiger partial charge in [-0.25, -0.2) is 0 Å². The zero-order chi connectivity index (χ0) is 22.8. The fraction of sp³-hybridized carbons (Fsp3) is 0.200. The van der Waals surface area contributed by atoms with E-state index in [1.165, 1.54) is 7.11 Å². The average molecular weight is 434 g/mol. The van der Waals surface area contributed by atoms with E-state index in [4.69, 9.17) is 25.2 Å². The Kier molecular flexibility index (Phi) is 8.22. The summed E-state index contributed by atoms with van der Waals surface area (Å²) in [6, 6.07) is 23.9. The summed E-state index contributed by atoms with van der Waals surface area (Å²) in [4.78, 5) is 15.7. The van der Waals surface area contributed by atoms with Crippen LogP contribution >= 0.6 is 0 Å². The first-order chi connectivity index (χ1) is 15.5. The summed E-state index contributed by atoms with van der Waals surface area (Å²) in [5, 5.41) is 12.9. The first-order valence-electron chi connectivity index (χ1n) is 10.1. The van der Waals surface area contributed by atoms with Gasteiger partial charge < -0.3 is 25.2 Å². The highest BCUT2D eigenvalue weighted by Gasteiger charge is 2.10. The smallest absolute Gasteiger partial charge is 0.305 e. The predicted molar refractivity (Wildman–Crippen MR) is 122 cm³/mol. The molecule has 0 radical (unpaired) electrons. The van der Waals surface area contributed by atoms with Crippen LogP contribution < -0.4 is 15.2 Å². The molecule has 0 fully saturated rings. The lowest BCUT2D eigenvalue weighted by Crippen LogP contribution is -2.14. The number of carboxylic acid groups (broad SMARTS) is 1. The topological polar surface area (TPSA) is 103 Å². The third kappa shape index (κ3) is 6.85. The fourth-order valence-corrected chi connectivity index (χ4v) is 3.02. The minimum Gasteiger partial charge on any atom is -0.489 e. The Balaban J connectivity index is 1.51. The average Bonchev–Trinajstić information content (AvgIpc) is 2.81. The van der Waals surface area contributed by atoms with Gasteiger partial charge in [0.25, 0.3) is 0 Å². The number of hydrogen-bond donors (Lipinski definition) is 2. The fourth-order valence-electron chi connectivity index (χ4n) is 3.02. The molecule has 0 aliphatic carbocycles. The van der Waals surface area contributed by atoms with Gasteiger partial charge in [-0.15, -0.1) is 0 Å².